The van der Waals surface area contributed by atoms with Crippen LogP contribution in [0, 0.1) is 0 Å². The molecule has 8 nitrogen and oxygen atoms in total. The molecule has 0 fully saturated rings. The number of aliphatic hydroxyl groups excluding tert-OH is 1. The van der Waals surface area contributed by atoms with Gasteiger partial charge in [-0.05, 0) is 51.4 Å². The largest absolute Gasteiger partial charge is 0.472 e. The number of hydrogen-bond acceptors (Lipinski definition) is 5. The number of quaternary nitrogens is 1. The van der Waals surface area contributed by atoms with Crippen molar-refractivity contribution in [3.63, 3.8) is 0 Å². The third-order valence-electron chi connectivity index (χ3n) is 11.6. The molecular formula is C52H102N2O6P+. The number of unbranched alkanes of at least 4 members (excludes halogenated alkanes) is 30. The standard InChI is InChI=1S/C52H101N2O6P/c1-6-8-10-12-14-16-18-20-21-22-23-24-25-26-27-28-29-30-31-32-33-34-36-38-40-42-44-46-52(56)53-50(49-60-61(57,58)59-48-47-54(3,4)5)51(55)45-43-41-39-37-35-19-17-15-13-11-9-7-2/h23-24,26-27,43,45,50-51,55H,6-22,25,28-42,44,46-49H2,1-5H3,(H-,53,56,57,58)/p+1/b24-23-,27-26-,45-43+. The maximum Gasteiger partial charge on any atom is 0.472 e. The second-order valence-electron chi connectivity index (χ2n) is 18.9. The molecule has 0 aliphatic heterocycles. The first-order chi connectivity index (χ1) is 29.5. The topological polar surface area (TPSA) is 105 Å². The lowest BCUT2D eigenvalue weighted by atomic mass is 10.0. The van der Waals surface area contributed by atoms with Crippen molar-refractivity contribution < 1.29 is 32.9 Å². The van der Waals surface area contributed by atoms with Crippen LogP contribution in [0.15, 0.2) is 36.5 Å². The molecular weight excluding hydrogens is 780 g/mol. The number of allylic oxidation sites excluding steroid dienone is 5. The van der Waals surface area contributed by atoms with Crippen LogP contribution >= 0.6 is 7.82 Å². The van der Waals surface area contributed by atoms with Gasteiger partial charge in [0.1, 0.15) is 13.2 Å². The molecule has 0 aromatic rings. The Bertz CT molecular complexity index is 1090. The number of likely N-dealkylation sites (N-methyl/N-ethyl adjacent to an activating group) is 1. The molecule has 1 amide bonds. The van der Waals surface area contributed by atoms with Crippen molar-refractivity contribution >= 4 is 13.7 Å². The molecule has 0 bridgehead atoms. The van der Waals surface area contributed by atoms with E-state index in [1.807, 2.05) is 27.2 Å². The van der Waals surface area contributed by atoms with E-state index in [0.29, 0.717) is 17.4 Å². The summed E-state index contributed by atoms with van der Waals surface area (Å²) in [4.78, 5) is 23.2. The van der Waals surface area contributed by atoms with Crippen molar-refractivity contribution in [1.29, 1.82) is 0 Å². The van der Waals surface area contributed by atoms with E-state index >= 15 is 0 Å². The van der Waals surface area contributed by atoms with Crippen LogP contribution < -0.4 is 5.32 Å². The number of hydrogen-bond donors (Lipinski definition) is 3. The third kappa shape index (κ3) is 46.5. The molecule has 360 valence electrons. The lowest BCUT2D eigenvalue weighted by molar-refractivity contribution is -0.870. The van der Waals surface area contributed by atoms with Crippen LogP contribution in [-0.2, 0) is 18.4 Å². The predicted molar refractivity (Wildman–Crippen MR) is 263 cm³/mol. The van der Waals surface area contributed by atoms with Gasteiger partial charge in [0.05, 0.1) is 39.9 Å². The Labute approximate surface area is 378 Å². The zero-order chi connectivity index (χ0) is 45.0. The number of nitrogens with zero attached hydrogens (tertiary/aromatic N) is 1. The molecule has 0 aromatic heterocycles. The second-order valence-corrected chi connectivity index (χ2v) is 20.4. The summed E-state index contributed by atoms with van der Waals surface area (Å²) in [6, 6.07) is -0.846. The molecule has 3 unspecified atom stereocenters. The van der Waals surface area contributed by atoms with Crippen LogP contribution in [0.3, 0.4) is 0 Å². The molecule has 3 atom stereocenters. The van der Waals surface area contributed by atoms with Crippen LogP contribution in [0.2, 0.25) is 0 Å². The highest BCUT2D eigenvalue weighted by Gasteiger charge is 2.27. The van der Waals surface area contributed by atoms with Gasteiger partial charge in [-0.15, -0.1) is 0 Å². The fourth-order valence-corrected chi connectivity index (χ4v) is 8.22. The Balaban J connectivity index is 4.16. The Kier molecular flexibility index (Phi) is 43.0. The van der Waals surface area contributed by atoms with Crippen LogP contribution in [0.1, 0.15) is 239 Å². The summed E-state index contributed by atoms with van der Waals surface area (Å²) in [5.41, 5.74) is 0. The number of phosphoric acid groups is 1. The molecule has 0 aromatic carbocycles. The van der Waals surface area contributed by atoms with E-state index in [0.717, 1.165) is 44.9 Å². The van der Waals surface area contributed by atoms with Gasteiger partial charge in [-0.3, -0.25) is 13.8 Å². The minimum atomic E-state index is -4.34. The molecule has 61 heavy (non-hydrogen) atoms. The fourth-order valence-electron chi connectivity index (χ4n) is 7.48. The second kappa shape index (κ2) is 43.9. The van der Waals surface area contributed by atoms with Gasteiger partial charge in [-0.25, -0.2) is 4.57 Å². The molecule has 0 radical (unpaired) electrons. The first-order valence-corrected chi connectivity index (χ1v) is 27.4. The third-order valence-corrected chi connectivity index (χ3v) is 12.6. The van der Waals surface area contributed by atoms with Gasteiger partial charge >= 0.3 is 7.82 Å². The van der Waals surface area contributed by atoms with Gasteiger partial charge in [-0.1, -0.05) is 217 Å². The summed E-state index contributed by atoms with van der Waals surface area (Å²) in [6.07, 6.45) is 55.2. The maximum absolute atomic E-state index is 12.9. The first kappa shape index (κ1) is 59.7. The normalized spacial score (nSPS) is 14.4. The van der Waals surface area contributed by atoms with Crippen molar-refractivity contribution in [2.75, 3.05) is 40.9 Å². The van der Waals surface area contributed by atoms with E-state index in [-0.39, 0.29) is 19.1 Å². The average molecular weight is 882 g/mol. The molecule has 0 saturated heterocycles. The number of amides is 1. The van der Waals surface area contributed by atoms with Gasteiger partial charge in [0.25, 0.3) is 0 Å². The average Bonchev–Trinajstić information content (AvgIpc) is 3.21. The van der Waals surface area contributed by atoms with Gasteiger partial charge in [0.15, 0.2) is 0 Å². The molecule has 0 heterocycles. The van der Waals surface area contributed by atoms with Crippen molar-refractivity contribution in [3.8, 4) is 0 Å². The van der Waals surface area contributed by atoms with Gasteiger partial charge < -0.3 is 19.8 Å². The van der Waals surface area contributed by atoms with E-state index in [2.05, 4.69) is 43.5 Å². The van der Waals surface area contributed by atoms with E-state index in [9.17, 15) is 19.4 Å². The van der Waals surface area contributed by atoms with Crippen LogP contribution in [0.4, 0.5) is 0 Å². The number of phosphoric ester groups is 1. The summed E-state index contributed by atoms with van der Waals surface area (Å²) in [5, 5.41) is 13.8. The number of aliphatic hydroxyl groups is 1. The monoisotopic (exact) mass is 882 g/mol. The van der Waals surface area contributed by atoms with E-state index in [1.165, 1.54) is 173 Å². The van der Waals surface area contributed by atoms with Crippen molar-refractivity contribution in [3.05, 3.63) is 36.5 Å². The van der Waals surface area contributed by atoms with Crippen molar-refractivity contribution in [1.82, 2.24) is 5.32 Å². The Morgan fingerprint density at radius 1 is 0.557 bits per heavy atom. The molecule has 0 aliphatic carbocycles. The van der Waals surface area contributed by atoms with Crippen LogP contribution in [0.5, 0.6) is 0 Å². The number of carbonyl (C=O) groups is 1. The van der Waals surface area contributed by atoms with Crippen molar-refractivity contribution in [2.45, 2.75) is 251 Å². The molecule has 0 spiro atoms. The number of nitrogens with one attached hydrogen (secondary N) is 1. The minimum Gasteiger partial charge on any atom is -0.387 e. The highest BCUT2D eigenvalue weighted by molar-refractivity contribution is 7.47. The van der Waals surface area contributed by atoms with E-state index in [1.54, 1.807) is 6.08 Å². The lowest BCUT2D eigenvalue weighted by Gasteiger charge is -2.25. The molecule has 0 aliphatic rings. The van der Waals surface area contributed by atoms with Gasteiger partial charge in [-0.2, -0.15) is 0 Å². The smallest absolute Gasteiger partial charge is 0.387 e. The summed E-state index contributed by atoms with van der Waals surface area (Å²) >= 11 is 0. The minimum absolute atomic E-state index is 0.0612. The molecule has 3 N–H and O–H groups in total. The summed E-state index contributed by atoms with van der Waals surface area (Å²) in [5.74, 6) is -0.179. The lowest BCUT2D eigenvalue weighted by Crippen LogP contribution is -2.45. The number of rotatable bonds is 47. The molecule has 9 heteroatoms. The molecule has 0 rings (SSSR count). The SMILES string of the molecule is CCCCCCCCCCC/C=C\C/C=C\CCCCCCCCCCCCCC(=O)NC(COP(=O)(O)OCC[N+](C)(C)C)C(O)/C=C/CCCCCCCCCCCC. The summed E-state index contributed by atoms with van der Waals surface area (Å²) in [7, 11) is 1.57. The molecule has 0 saturated carbocycles. The highest BCUT2D eigenvalue weighted by Crippen LogP contribution is 2.43. The Morgan fingerprint density at radius 2 is 0.934 bits per heavy atom. The fraction of sp³-hybridized carbons (Fsp3) is 0.865. The van der Waals surface area contributed by atoms with Crippen LogP contribution in [-0.4, -0.2) is 73.4 Å². The van der Waals surface area contributed by atoms with E-state index in [4.69, 9.17) is 9.05 Å². The maximum atomic E-state index is 12.9. The zero-order valence-electron chi connectivity index (χ0n) is 40.9. The van der Waals surface area contributed by atoms with Crippen molar-refractivity contribution in [2.24, 2.45) is 0 Å². The summed E-state index contributed by atoms with van der Waals surface area (Å²) in [6.45, 7) is 4.81. The zero-order valence-corrected chi connectivity index (χ0v) is 41.8. The highest BCUT2D eigenvalue weighted by atomic mass is 31.2. The summed E-state index contributed by atoms with van der Waals surface area (Å²) < 4.78 is 23.6. The Morgan fingerprint density at radius 3 is 1.34 bits per heavy atom. The van der Waals surface area contributed by atoms with Gasteiger partial charge in [0, 0.05) is 6.42 Å². The number of carbonyl (C=O) groups excluding carboxylic acids is 1. The Hall–Kier alpha value is -1.28. The quantitative estimate of drug-likeness (QED) is 0.0243. The predicted octanol–water partition coefficient (Wildman–Crippen LogP) is 15.0. The van der Waals surface area contributed by atoms with Gasteiger partial charge in [0.2, 0.25) is 5.91 Å². The van der Waals surface area contributed by atoms with Crippen LogP contribution in [0.25, 0.3) is 0 Å². The first-order valence-electron chi connectivity index (χ1n) is 25.9. The van der Waals surface area contributed by atoms with E-state index < -0.39 is 20.0 Å².